The van der Waals surface area contributed by atoms with E-state index in [0.29, 0.717) is 24.5 Å². The minimum absolute atomic E-state index is 0.164. The normalized spacial score (nSPS) is 19.6. The van der Waals surface area contributed by atoms with Gasteiger partial charge in [0.25, 0.3) is 5.91 Å². The summed E-state index contributed by atoms with van der Waals surface area (Å²) in [6.45, 7) is 0. The highest BCUT2D eigenvalue weighted by Crippen LogP contribution is 2.43. The van der Waals surface area contributed by atoms with Gasteiger partial charge in [-0.05, 0) is 31.4 Å². The predicted molar refractivity (Wildman–Crippen MR) is 95.0 cm³/mol. The van der Waals surface area contributed by atoms with Crippen molar-refractivity contribution in [3.8, 4) is 0 Å². The number of Topliss-reactive ketones (excluding diaryl/α,β-unsaturated/α-hetero) is 1. The molecular formula is C20H16ClF4NO2. The minimum Gasteiger partial charge on any atom is -0.325 e. The smallest absolute Gasteiger partial charge is 0.257 e. The molecule has 0 aromatic heterocycles. The third kappa shape index (κ3) is 3.07. The summed E-state index contributed by atoms with van der Waals surface area (Å²) in [4.78, 5) is 26.9. The second-order valence-electron chi connectivity index (χ2n) is 6.68. The molecule has 1 saturated carbocycles. The van der Waals surface area contributed by atoms with Crippen molar-refractivity contribution in [1.82, 2.24) is 4.90 Å². The number of rotatable bonds is 3. The number of halogens is 5. The zero-order valence-electron chi connectivity index (χ0n) is 14.9. The van der Waals surface area contributed by atoms with Crippen LogP contribution < -0.4 is 0 Å². The van der Waals surface area contributed by atoms with Gasteiger partial charge in [0.1, 0.15) is 5.54 Å². The van der Waals surface area contributed by atoms with Crippen molar-refractivity contribution in [2.45, 2.75) is 31.2 Å². The first-order chi connectivity index (χ1) is 13.2. The minimum atomic E-state index is -2.08. The number of benzene rings is 2. The van der Waals surface area contributed by atoms with E-state index >= 15 is 0 Å². The van der Waals surface area contributed by atoms with Gasteiger partial charge in [0.15, 0.2) is 29.1 Å². The lowest BCUT2D eigenvalue weighted by Crippen LogP contribution is -2.54. The van der Waals surface area contributed by atoms with Crippen molar-refractivity contribution < 1.29 is 27.2 Å². The first kappa shape index (κ1) is 20.3. The average molecular weight is 414 g/mol. The summed E-state index contributed by atoms with van der Waals surface area (Å²) in [7, 11) is 1.24. The van der Waals surface area contributed by atoms with Crippen molar-refractivity contribution in [2.24, 2.45) is 0 Å². The molecule has 1 fully saturated rings. The van der Waals surface area contributed by atoms with Gasteiger partial charge in [-0.3, -0.25) is 9.59 Å². The molecule has 1 aliphatic carbocycles. The number of hydrogen-bond acceptors (Lipinski definition) is 2. The Morgan fingerprint density at radius 2 is 1.75 bits per heavy atom. The van der Waals surface area contributed by atoms with E-state index in [0.717, 1.165) is 4.90 Å². The van der Waals surface area contributed by atoms with E-state index in [1.54, 1.807) is 24.3 Å². The Balaban J connectivity index is 2.16. The van der Waals surface area contributed by atoms with E-state index in [9.17, 15) is 27.2 Å². The molecule has 8 heteroatoms. The average Bonchev–Trinajstić information content (AvgIpc) is 2.69. The lowest BCUT2D eigenvalue weighted by molar-refractivity contribution is -0.132. The lowest BCUT2D eigenvalue weighted by atomic mass is 9.74. The van der Waals surface area contributed by atoms with Gasteiger partial charge < -0.3 is 4.90 Å². The van der Waals surface area contributed by atoms with Crippen LogP contribution in [0.3, 0.4) is 0 Å². The van der Waals surface area contributed by atoms with Crippen LogP contribution in [0.25, 0.3) is 0 Å². The Kier molecular flexibility index (Phi) is 5.48. The van der Waals surface area contributed by atoms with Crippen LogP contribution >= 0.6 is 11.6 Å². The molecule has 28 heavy (non-hydrogen) atoms. The van der Waals surface area contributed by atoms with E-state index < -0.39 is 40.3 Å². The van der Waals surface area contributed by atoms with Gasteiger partial charge in [0.05, 0.1) is 5.56 Å². The Morgan fingerprint density at radius 1 is 1.07 bits per heavy atom. The molecule has 1 unspecified atom stereocenters. The summed E-state index contributed by atoms with van der Waals surface area (Å²) in [5.74, 6) is -9.06. The van der Waals surface area contributed by atoms with Crippen molar-refractivity contribution in [2.75, 3.05) is 7.05 Å². The van der Waals surface area contributed by atoms with Gasteiger partial charge in [0, 0.05) is 24.1 Å². The second kappa shape index (κ2) is 7.54. The fraction of sp³-hybridized carbons (Fsp3) is 0.300. The molecule has 0 saturated heterocycles. The van der Waals surface area contributed by atoms with Crippen LogP contribution in [0, 0.1) is 23.3 Å². The Morgan fingerprint density at radius 3 is 2.39 bits per heavy atom. The van der Waals surface area contributed by atoms with E-state index in [2.05, 4.69) is 0 Å². The van der Waals surface area contributed by atoms with Crippen LogP contribution in [0.1, 0.15) is 41.6 Å². The fourth-order valence-electron chi connectivity index (χ4n) is 3.71. The SMILES string of the molecule is CN(C(=O)c1cc(F)c(F)c(F)c1F)C1(c2ccccc2Cl)CCCCC1=O. The van der Waals surface area contributed by atoms with Crippen molar-refractivity contribution in [1.29, 1.82) is 0 Å². The molecule has 0 bridgehead atoms. The Hall–Kier alpha value is -2.41. The summed E-state index contributed by atoms with van der Waals surface area (Å²) in [5, 5.41) is 0.231. The van der Waals surface area contributed by atoms with Crippen LogP contribution in [0.4, 0.5) is 17.6 Å². The molecule has 0 N–H and O–H groups in total. The maximum atomic E-state index is 14.2. The molecule has 148 valence electrons. The standard InChI is InChI=1S/C20H16ClF4NO2/c1-26(19(28)11-10-14(22)17(24)18(25)16(11)23)20(9-5-4-8-15(20)27)12-6-2-3-7-13(12)21/h2-3,6-7,10H,4-5,8-9H2,1H3. The number of nitrogens with zero attached hydrogens (tertiary/aromatic N) is 1. The number of ketones is 1. The number of likely N-dealkylation sites (N-methyl/N-ethyl adjacent to an activating group) is 1. The number of hydrogen-bond donors (Lipinski definition) is 0. The topological polar surface area (TPSA) is 37.4 Å². The van der Waals surface area contributed by atoms with E-state index in [1.165, 1.54) is 7.05 Å². The molecule has 0 aliphatic heterocycles. The highest BCUT2D eigenvalue weighted by Gasteiger charge is 2.48. The lowest BCUT2D eigenvalue weighted by Gasteiger charge is -2.44. The molecule has 0 radical (unpaired) electrons. The molecule has 2 aromatic carbocycles. The van der Waals surface area contributed by atoms with Gasteiger partial charge in [-0.15, -0.1) is 0 Å². The first-order valence-electron chi connectivity index (χ1n) is 8.61. The summed E-state index contributed by atoms with van der Waals surface area (Å²) >= 11 is 6.28. The van der Waals surface area contributed by atoms with Crippen molar-refractivity contribution in [3.63, 3.8) is 0 Å². The van der Waals surface area contributed by atoms with Crippen LogP contribution in [0.15, 0.2) is 30.3 Å². The molecule has 1 amide bonds. The zero-order chi connectivity index (χ0) is 20.6. The third-order valence-corrected chi connectivity index (χ3v) is 5.51. The van der Waals surface area contributed by atoms with Gasteiger partial charge in [-0.25, -0.2) is 17.6 Å². The van der Waals surface area contributed by atoms with Gasteiger partial charge >= 0.3 is 0 Å². The van der Waals surface area contributed by atoms with E-state index in [4.69, 9.17) is 11.6 Å². The number of amides is 1. The van der Waals surface area contributed by atoms with Gasteiger partial charge in [0.2, 0.25) is 0 Å². The largest absolute Gasteiger partial charge is 0.325 e. The van der Waals surface area contributed by atoms with E-state index in [-0.39, 0.29) is 23.6 Å². The molecule has 3 rings (SSSR count). The maximum Gasteiger partial charge on any atom is 0.257 e. The Bertz CT molecular complexity index is 965. The van der Waals surface area contributed by atoms with Crippen molar-refractivity contribution in [3.05, 3.63) is 69.8 Å². The quantitative estimate of drug-likeness (QED) is 0.403. The van der Waals surface area contributed by atoms with Crippen LogP contribution in [-0.4, -0.2) is 23.6 Å². The summed E-state index contributed by atoms with van der Waals surface area (Å²) in [6.07, 6.45) is 1.58. The molecule has 3 nitrogen and oxygen atoms in total. The monoisotopic (exact) mass is 413 g/mol. The predicted octanol–water partition coefficient (Wildman–Crippen LogP) is 5.01. The second-order valence-corrected chi connectivity index (χ2v) is 7.09. The molecule has 1 aliphatic rings. The summed E-state index contributed by atoms with van der Waals surface area (Å²) < 4.78 is 54.7. The molecule has 2 aromatic rings. The van der Waals surface area contributed by atoms with Crippen LogP contribution in [0.5, 0.6) is 0 Å². The first-order valence-corrected chi connectivity index (χ1v) is 8.99. The maximum absolute atomic E-state index is 14.2. The van der Waals surface area contributed by atoms with Crippen molar-refractivity contribution >= 4 is 23.3 Å². The van der Waals surface area contributed by atoms with E-state index in [1.807, 2.05) is 0 Å². The van der Waals surface area contributed by atoms with Gasteiger partial charge in [-0.2, -0.15) is 0 Å². The number of carbonyl (C=O) groups is 2. The molecule has 0 spiro atoms. The summed E-state index contributed by atoms with van der Waals surface area (Å²) in [6, 6.07) is 6.72. The fourth-order valence-corrected chi connectivity index (χ4v) is 4.00. The highest BCUT2D eigenvalue weighted by atomic mass is 35.5. The van der Waals surface area contributed by atoms with Gasteiger partial charge in [-0.1, -0.05) is 29.8 Å². The van der Waals surface area contributed by atoms with Crippen LogP contribution in [-0.2, 0) is 10.3 Å². The number of carbonyl (C=O) groups excluding carboxylic acids is 2. The molecule has 0 heterocycles. The van der Waals surface area contributed by atoms with Crippen LogP contribution in [0.2, 0.25) is 5.02 Å². The molecule has 1 atom stereocenters. The third-order valence-electron chi connectivity index (χ3n) is 5.18. The zero-order valence-corrected chi connectivity index (χ0v) is 15.6. The highest BCUT2D eigenvalue weighted by molar-refractivity contribution is 6.31. The Labute approximate surface area is 163 Å². The molecular weight excluding hydrogens is 398 g/mol. The summed E-state index contributed by atoms with van der Waals surface area (Å²) in [5.41, 5.74) is -2.16.